The monoisotopic (exact) mass is 853 g/mol. The molecule has 0 atom stereocenters. The van der Waals surface area contributed by atoms with Gasteiger partial charge in [0.2, 0.25) is 0 Å². The van der Waals surface area contributed by atoms with Gasteiger partial charge >= 0.3 is 7.12 Å². The lowest BCUT2D eigenvalue weighted by Crippen LogP contribution is -2.73. The van der Waals surface area contributed by atoms with Crippen molar-refractivity contribution in [3.8, 4) is 50.2 Å². The molecule has 0 aliphatic carbocycles. The molecule has 3 heterocycles. The number of nitrogens with zero attached hydrogens (tertiary/aromatic N) is 1. The van der Waals surface area contributed by atoms with Gasteiger partial charge in [-0.3, -0.25) is 0 Å². The second kappa shape index (κ2) is 15.0. The van der Waals surface area contributed by atoms with Crippen LogP contribution in [0.4, 0.5) is 0 Å². The van der Waals surface area contributed by atoms with Gasteiger partial charge in [0.05, 0.1) is 27.9 Å². The summed E-state index contributed by atoms with van der Waals surface area (Å²) < 4.78 is 15.7. The zero-order valence-corrected chi connectivity index (χ0v) is 38.1. The number of benzene rings is 9. The summed E-state index contributed by atoms with van der Waals surface area (Å²) in [4.78, 5) is 0. The molecule has 12 rings (SSSR count). The molecule has 312 valence electrons. The number of fused-ring (bicyclic) bond motifs is 6. The summed E-state index contributed by atoms with van der Waals surface area (Å²) in [7, 11) is -3.47. The Morgan fingerprint density at radius 2 is 0.877 bits per heavy atom. The van der Waals surface area contributed by atoms with Gasteiger partial charge in [0.25, 0.3) is 0 Å². The van der Waals surface area contributed by atoms with E-state index in [0.29, 0.717) is 0 Å². The molecule has 10 aromatic rings. The molecule has 0 saturated carbocycles. The highest BCUT2D eigenvalue weighted by atomic mass is 28.3. The molecule has 65 heavy (non-hydrogen) atoms. The van der Waals surface area contributed by atoms with E-state index in [1.165, 1.54) is 92.7 Å². The van der Waals surface area contributed by atoms with Crippen molar-refractivity contribution in [3.05, 3.63) is 218 Å². The summed E-state index contributed by atoms with van der Waals surface area (Å²) in [6.45, 7) is 8.49. The van der Waals surface area contributed by atoms with Crippen LogP contribution in [0.15, 0.2) is 218 Å². The summed E-state index contributed by atoms with van der Waals surface area (Å²) in [6, 6.07) is 81.3. The third kappa shape index (κ3) is 6.18. The van der Waals surface area contributed by atoms with Crippen molar-refractivity contribution in [2.45, 2.75) is 38.9 Å². The van der Waals surface area contributed by atoms with Gasteiger partial charge in [-0.15, -0.1) is 0 Å². The lowest BCUT2D eigenvalue weighted by Gasteiger charge is -2.32. The molecule has 5 heteroatoms. The van der Waals surface area contributed by atoms with E-state index in [9.17, 15) is 0 Å². The fourth-order valence-corrected chi connectivity index (χ4v) is 15.7. The Kier molecular flexibility index (Phi) is 9.15. The third-order valence-corrected chi connectivity index (χ3v) is 19.4. The fourth-order valence-electron chi connectivity index (χ4n) is 10.6. The van der Waals surface area contributed by atoms with Crippen molar-refractivity contribution in [1.29, 1.82) is 0 Å². The summed E-state index contributed by atoms with van der Waals surface area (Å²) >= 11 is 0. The summed E-state index contributed by atoms with van der Waals surface area (Å²) in [5.74, 6) is 0. The minimum absolute atomic E-state index is 0.432. The molecule has 0 unspecified atom stereocenters. The Morgan fingerprint density at radius 1 is 0.385 bits per heavy atom. The molecule has 1 fully saturated rings. The van der Waals surface area contributed by atoms with Gasteiger partial charge in [0, 0.05) is 16.3 Å². The smallest absolute Gasteiger partial charge is 0.399 e. The topological polar surface area (TPSA) is 23.4 Å². The first kappa shape index (κ1) is 39.6. The lowest BCUT2D eigenvalue weighted by molar-refractivity contribution is 0.00578. The minimum Gasteiger partial charge on any atom is -0.399 e. The second-order valence-corrected chi connectivity index (χ2v) is 22.4. The van der Waals surface area contributed by atoms with Crippen LogP contribution < -0.4 is 26.2 Å². The lowest BCUT2D eigenvalue weighted by atomic mass is 9.79. The quantitative estimate of drug-likeness (QED) is 0.149. The van der Waals surface area contributed by atoms with Crippen LogP contribution >= 0.6 is 0 Å². The molecule has 2 aliphatic heterocycles. The molecular formula is C60H48BNO2Si. The van der Waals surface area contributed by atoms with Gasteiger partial charge < -0.3 is 13.9 Å². The minimum atomic E-state index is -3.02. The summed E-state index contributed by atoms with van der Waals surface area (Å²) in [6.07, 6.45) is 0. The Morgan fingerprint density at radius 3 is 1.48 bits per heavy atom. The van der Waals surface area contributed by atoms with E-state index >= 15 is 0 Å². The average molecular weight is 854 g/mol. The number of hydrogen-bond donors (Lipinski definition) is 0. The predicted octanol–water partition coefficient (Wildman–Crippen LogP) is 11.4. The molecule has 0 radical (unpaired) electrons. The normalized spacial score (nSPS) is 15.6. The molecule has 3 nitrogen and oxygen atoms in total. The molecule has 9 aromatic carbocycles. The Hall–Kier alpha value is -7.02. The van der Waals surface area contributed by atoms with Crippen molar-refractivity contribution in [1.82, 2.24) is 4.57 Å². The van der Waals surface area contributed by atoms with Gasteiger partial charge in [0.1, 0.15) is 0 Å². The van der Waals surface area contributed by atoms with Gasteiger partial charge in [-0.25, -0.2) is 0 Å². The molecule has 1 saturated heterocycles. The van der Waals surface area contributed by atoms with E-state index in [1.54, 1.807) is 0 Å². The van der Waals surface area contributed by atoms with Crippen molar-refractivity contribution in [2.24, 2.45) is 0 Å². The van der Waals surface area contributed by atoms with Crippen LogP contribution in [0.25, 0.3) is 72.0 Å². The van der Waals surface area contributed by atoms with E-state index in [0.717, 1.165) is 5.46 Å². The first-order valence-corrected chi connectivity index (χ1v) is 24.8. The van der Waals surface area contributed by atoms with Gasteiger partial charge in [-0.05, 0) is 123 Å². The SMILES string of the molecule is CC1(C)OB(c2ccc([Si]3(c4ccc5c(c4)c4ccccc4n5-c4ccccc4-c4ccccc4)c4ccc(-c5ccccc5)cc4-c4cc(-c5ccccc5)ccc43)cc2)OC1(C)C. The summed E-state index contributed by atoms with van der Waals surface area (Å²) in [5, 5.41) is 7.97. The number of para-hydroxylation sites is 2. The van der Waals surface area contributed by atoms with Crippen molar-refractivity contribution in [2.75, 3.05) is 0 Å². The molecule has 1 aromatic heterocycles. The maximum atomic E-state index is 6.60. The molecule has 0 bridgehead atoms. The highest BCUT2D eigenvalue weighted by molar-refractivity contribution is 7.22. The van der Waals surface area contributed by atoms with Crippen LogP contribution in [0, 0.1) is 0 Å². The Bertz CT molecular complexity index is 3330. The summed E-state index contributed by atoms with van der Waals surface area (Å²) in [5.41, 5.74) is 13.6. The third-order valence-electron chi connectivity index (χ3n) is 14.6. The van der Waals surface area contributed by atoms with Crippen LogP contribution in [0.5, 0.6) is 0 Å². The first-order valence-electron chi connectivity index (χ1n) is 22.8. The van der Waals surface area contributed by atoms with Crippen LogP contribution in [-0.4, -0.2) is 31.0 Å². The zero-order chi connectivity index (χ0) is 43.9. The maximum Gasteiger partial charge on any atom is 0.494 e. The van der Waals surface area contributed by atoms with Gasteiger partial charge in [-0.2, -0.15) is 0 Å². The highest BCUT2D eigenvalue weighted by Crippen LogP contribution is 2.40. The first-order chi connectivity index (χ1) is 31.7. The second-order valence-electron chi connectivity index (χ2n) is 18.7. The number of rotatable bonds is 7. The molecule has 0 spiro atoms. The number of hydrogen-bond acceptors (Lipinski definition) is 2. The van der Waals surface area contributed by atoms with E-state index in [2.05, 4.69) is 251 Å². The predicted molar refractivity (Wildman–Crippen MR) is 275 cm³/mol. The van der Waals surface area contributed by atoms with Gasteiger partial charge in [0.15, 0.2) is 8.07 Å². The largest absolute Gasteiger partial charge is 0.494 e. The van der Waals surface area contributed by atoms with Crippen molar-refractivity contribution >= 4 is 63.2 Å². The standard InChI is InChI=1S/C60H48BNO2Si/c1-59(2)60(3,4)64-61(63-59)46-30-32-47(33-31-46)65(57-36-28-44(41-18-8-5-9-19-41)38-52(57)53-39-45(29-37-58(53)65)42-20-10-6-11-21-42)48-34-35-56-51(40-48)50-25-15-17-27-55(50)62(56)54-26-16-14-24-49(54)43-22-12-7-13-23-43/h5-40H,1-4H3. The Labute approximate surface area is 382 Å². The van der Waals surface area contributed by atoms with Crippen LogP contribution in [-0.2, 0) is 9.31 Å². The fraction of sp³-hybridized carbons (Fsp3) is 0.100. The van der Waals surface area contributed by atoms with Crippen LogP contribution in [0.1, 0.15) is 27.7 Å². The van der Waals surface area contributed by atoms with Crippen molar-refractivity contribution in [3.63, 3.8) is 0 Å². The number of aromatic nitrogens is 1. The molecular weight excluding hydrogens is 806 g/mol. The highest BCUT2D eigenvalue weighted by Gasteiger charge is 2.53. The zero-order valence-electron chi connectivity index (χ0n) is 37.1. The molecule has 0 amide bonds. The average Bonchev–Trinajstić information content (AvgIpc) is 3.92. The maximum absolute atomic E-state index is 6.60. The van der Waals surface area contributed by atoms with Gasteiger partial charge in [-0.1, -0.05) is 188 Å². The van der Waals surface area contributed by atoms with E-state index in [4.69, 9.17) is 9.31 Å². The van der Waals surface area contributed by atoms with Crippen LogP contribution in [0.2, 0.25) is 0 Å². The van der Waals surface area contributed by atoms with E-state index in [1.807, 2.05) is 0 Å². The molecule has 2 aliphatic rings. The molecule has 0 N–H and O–H groups in total. The van der Waals surface area contributed by atoms with Crippen LogP contribution in [0.3, 0.4) is 0 Å². The van der Waals surface area contributed by atoms with E-state index < -0.39 is 26.4 Å². The van der Waals surface area contributed by atoms with E-state index in [-0.39, 0.29) is 0 Å². The Balaban J connectivity index is 1.13. The van der Waals surface area contributed by atoms with Crippen molar-refractivity contribution < 1.29 is 9.31 Å².